The van der Waals surface area contributed by atoms with Gasteiger partial charge in [0, 0.05) is 37.4 Å². The van der Waals surface area contributed by atoms with Gasteiger partial charge in [0.05, 0.1) is 10.7 Å². The second kappa shape index (κ2) is 12.9. The van der Waals surface area contributed by atoms with E-state index in [1.165, 1.54) is 4.90 Å². The van der Waals surface area contributed by atoms with Gasteiger partial charge in [0.15, 0.2) is 0 Å². The van der Waals surface area contributed by atoms with E-state index in [1.807, 2.05) is 0 Å². The van der Waals surface area contributed by atoms with Crippen LogP contribution in [0.5, 0.6) is 0 Å². The Kier molecular flexibility index (Phi) is 11.7. The molecule has 0 aromatic carbocycles. The molecule has 2 rings (SSSR count). The summed E-state index contributed by atoms with van der Waals surface area (Å²) in [6.45, 7) is 0.536. The summed E-state index contributed by atoms with van der Waals surface area (Å²) in [4.78, 5) is 37.7. The minimum Gasteiger partial charge on any atom is -0.394 e. The molecule has 168 valence electrons. The topological polar surface area (TPSA) is 145 Å². The Balaban J connectivity index is 0.00000420. The minimum atomic E-state index is -1.00. The SMILES string of the molecule is Cl.N[C@@H](CO)C(=O)N1CC2(C[C@H]1C(=O)NCCCCCCC(=O)NO)SCCS2. The van der Waals surface area contributed by atoms with E-state index < -0.39 is 24.6 Å². The van der Waals surface area contributed by atoms with Crippen molar-refractivity contribution in [2.75, 3.05) is 31.2 Å². The first-order valence-electron chi connectivity index (χ1n) is 9.58. The molecule has 12 heteroatoms. The molecule has 1 spiro atoms. The molecule has 3 amide bonds. The molecule has 9 nitrogen and oxygen atoms in total. The van der Waals surface area contributed by atoms with Gasteiger partial charge >= 0.3 is 0 Å². The van der Waals surface area contributed by atoms with Crippen LogP contribution in [0.1, 0.15) is 38.5 Å². The Labute approximate surface area is 185 Å². The first-order chi connectivity index (χ1) is 13.4. The maximum absolute atomic E-state index is 12.7. The van der Waals surface area contributed by atoms with E-state index in [-0.39, 0.29) is 34.7 Å². The van der Waals surface area contributed by atoms with Crippen LogP contribution in [-0.2, 0) is 14.4 Å². The van der Waals surface area contributed by atoms with E-state index in [0.717, 1.165) is 30.8 Å². The van der Waals surface area contributed by atoms with Gasteiger partial charge in [-0.25, -0.2) is 5.48 Å². The smallest absolute Gasteiger partial charge is 0.243 e. The van der Waals surface area contributed by atoms with E-state index in [4.69, 9.17) is 10.9 Å². The molecule has 2 heterocycles. The van der Waals surface area contributed by atoms with Gasteiger partial charge in [-0.3, -0.25) is 19.6 Å². The molecule has 0 radical (unpaired) electrons. The van der Waals surface area contributed by atoms with E-state index >= 15 is 0 Å². The minimum absolute atomic E-state index is 0. The van der Waals surface area contributed by atoms with E-state index in [2.05, 4.69) is 5.32 Å². The van der Waals surface area contributed by atoms with Crippen LogP contribution in [0.2, 0.25) is 0 Å². The highest BCUT2D eigenvalue weighted by Gasteiger charge is 2.51. The number of nitrogens with zero attached hydrogens (tertiary/aromatic N) is 1. The van der Waals surface area contributed by atoms with Gasteiger partial charge in [0.2, 0.25) is 17.7 Å². The molecule has 0 aromatic rings. The van der Waals surface area contributed by atoms with Crippen LogP contribution < -0.4 is 16.5 Å². The number of halogens is 1. The number of hydroxylamine groups is 1. The lowest BCUT2D eigenvalue weighted by molar-refractivity contribution is -0.140. The molecule has 0 aliphatic carbocycles. The summed E-state index contributed by atoms with van der Waals surface area (Å²) in [6, 6.07) is -1.56. The molecule has 0 aromatic heterocycles. The molecule has 0 saturated carbocycles. The highest BCUT2D eigenvalue weighted by molar-refractivity contribution is 8.21. The van der Waals surface area contributed by atoms with E-state index in [0.29, 0.717) is 25.9 Å². The number of aliphatic hydroxyl groups excluding tert-OH is 1. The predicted octanol–water partition coefficient (Wildman–Crippen LogP) is 0.0771. The number of amides is 3. The van der Waals surface area contributed by atoms with Crippen molar-refractivity contribution in [2.45, 2.75) is 54.7 Å². The number of likely N-dealkylation sites (tertiary alicyclic amines) is 1. The van der Waals surface area contributed by atoms with E-state index in [9.17, 15) is 19.5 Å². The Morgan fingerprint density at radius 3 is 2.45 bits per heavy atom. The molecule has 2 aliphatic heterocycles. The fourth-order valence-electron chi connectivity index (χ4n) is 3.45. The zero-order valence-corrected chi connectivity index (χ0v) is 18.8. The monoisotopic (exact) mass is 470 g/mol. The second-order valence-electron chi connectivity index (χ2n) is 7.07. The molecule has 0 bridgehead atoms. The van der Waals surface area contributed by atoms with Crippen LogP contribution in [0.3, 0.4) is 0 Å². The van der Waals surface area contributed by atoms with Crippen molar-refractivity contribution in [2.24, 2.45) is 5.73 Å². The van der Waals surface area contributed by atoms with Crippen molar-refractivity contribution < 1.29 is 24.7 Å². The van der Waals surface area contributed by atoms with Crippen molar-refractivity contribution in [3.63, 3.8) is 0 Å². The van der Waals surface area contributed by atoms with Crippen molar-refractivity contribution in [1.82, 2.24) is 15.7 Å². The molecule has 0 unspecified atom stereocenters. The number of hydrogen-bond acceptors (Lipinski definition) is 8. The number of rotatable bonds is 10. The zero-order valence-electron chi connectivity index (χ0n) is 16.3. The Morgan fingerprint density at radius 1 is 1.17 bits per heavy atom. The standard InChI is InChI=1S/C17H30N4O5S2.ClH/c18-12(10-22)16(25)21-11-17(27-7-8-28-17)9-13(21)15(24)19-6-4-2-1-3-5-14(23)20-26;/h12-13,22,26H,1-11,18H2,(H,19,24)(H,20,23);1H/t12-,13-;/m0./s1. The molecule has 2 fully saturated rings. The Hall–Kier alpha value is -0.720. The fourth-order valence-corrected chi connectivity index (χ4v) is 6.71. The van der Waals surface area contributed by atoms with Crippen molar-refractivity contribution >= 4 is 53.7 Å². The third kappa shape index (κ3) is 7.48. The first kappa shape index (κ1) is 26.3. The lowest BCUT2D eigenvalue weighted by Gasteiger charge is -2.26. The van der Waals surface area contributed by atoms with Gasteiger partial charge in [-0.2, -0.15) is 0 Å². The molecular formula is C17H31ClN4O5S2. The van der Waals surface area contributed by atoms with Gasteiger partial charge in [-0.05, 0) is 12.8 Å². The van der Waals surface area contributed by atoms with Crippen LogP contribution in [0.4, 0.5) is 0 Å². The first-order valence-corrected chi connectivity index (χ1v) is 11.5. The third-order valence-corrected chi connectivity index (χ3v) is 8.39. The number of aliphatic hydroxyl groups is 1. The lowest BCUT2D eigenvalue weighted by Crippen LogP contribution is -2.52. The van der Waals surface area contributed by atoms with Crippen LogP contribution in [0.25, 0.3) is 0 Å². The number of unbranched alkanes of at least 4 members (excludes halogenated alkanes) is 3. The normalized spacial score (nSPS) is 20.9. The van der Waals surface area contributed by atoms with Gasteiger partial charge in [-0.15, -0.1) is 35.9 Å². The average molecular weight is 471 g/mol. The Morgan fingerprint density at radius 2 is 1.83 bits per heavy atom. The third-order valence-electron chi connectivity index (χ3n) is 4.96. The van der Waals surface area contributed by atoms with Gasteiger partial charge in [0.25, 0.3) is 0 Å². The quantitative estimate of drug-likeness (QED) is 0.171. The second-order valence-corrected chi connectivity index (χ2v) is 10.3. The maximum Gasteiger partial charge on any atom is 0.243 e. The Bertz CT molecular complexity index is 566. The van der Waals surface area contributed by atoms with Crippen molar-refractivity contribution in [1.29, 1.82) is 0 Å². The number of nitrogens with one attached hydrogen (secondary N) is 2. The van der Waals surface area contributed by atoms with Gasteiger partial charge in [0.1, 0.15) is 12.1 Å². The molecule has 6 N–H and O–H groups in total. The fraction of sp³-hybridized carbons (Fsp3) is 0.824. The summed E-state index contributed by atoms with van der Waals surface area (Å²) < 4.78 is -0.153. The van der Waals surface area contributed by atoms with Gasteiger partial charge < -0.3 is 21.1 Å². The largest absolute Gasteiger partial charge is 0.394 e. The highest BCUT2D eigenvalue weighted by Crippen LogP contribution is 2.51. The summed E-state index contributed by atoms with van der Waals surface area (Å²) in [6.07, 6.45) is 4.02. The lowest BCUT2D eigenvalue weighted by atomic mass is 10.1. The molecule has 29 heavy (non-hydrogen) atoms. The number of thioether (sulfide) groups is 2. The molecule has 2 saturated heterocycles. The molecule has 2 atom stereocenters. The van der Waals surface area contributed by atoms with Crippen molar-refractivity contribution in [3.05, 3.63) is 0 Å². The summed E-state index contributed by atoms with van der Waals surface area (Å²) in [5.74, 6) is 1.05. The van der Waals surface area contributed by atoms with Crippen LogP contribution in [0.15, 0.2) is 0 Å². The number of carbonyl (C=O) groups excluding carboxylic acids is 3. The van der Waals surface area contributed by atoms with Crippen LogP contribution in [0, 0.1) is 0 Å². The zero-order chi connectivity index (χ0) is 20.6. The summed E-state index contributed by atoms with van der Waals surface area (Å²) in [5, 5.41) is 20.6. The van der Waals surface area contributed by atoms with Crippen LogP contribution >= 0.6 is 35.9 Å². The molecular weight excluding hydrogens is 440 g/mol. The average Bonchev–Trinajstić information content (AvgIpc) is 3.32. The summed E-state index contributed by atoms with van der Waals surface area (Å²) >= 11 is 3.58. The number of nitrogens with two attached hydrogens (primary N) is 1. The summed E-state index contributed by atoms with van der Waals surface area (Å²) in [7, 11) is 0. The maximum atomic E-state index is 12.7. The highest BCUT2D eigenvalue weighted by atomic mass is 35.5. The van der Waals surface area contributed by atoms with Crippen molar-refractivity contribution in [3.8, 4) is 0 Å². The number of hydrogen-bond donors (Lipinski definition) is 5. The van der Waals surface area contributed by atoms with Crippen LogP contribution in [-0.4, -0.2) is 80.3 Å². The molecule has 2 aliphatic rings. The predicted molar refractivity (Wildman–Crippen MR) is 116 cm³/mol. The van der Waals surface area contributed by atoms with E-state index in [1.54, 1.807) is 29.0 Å². The van der Waals surface area contributed by atoms with Gasteiger partial charge in [-0.1, -0.05) is 12.8 Å². The number of carbonyl (C=O) groups is 3. The summed E-state index contributed by atoms with van der Waals surface area (Å²) in [5.41, 5.74) is 7.32.